The normalized spacial score (nSPS) is 39.4. The fourth-order valence-electron chi connectivity index (χ4n) is 0.710. The molecule has 0 aliphatic carbocycles. The van der Waals surface area contributed by atoms with Crippen LogP contribution in [0.2, 0.25) is 0 Å². The molecule has 1 aliphatic heterocycles. The van der Waals surface area contributed by atoms with Gasteiger partial charge in [0, 0.05) is 0 Å². The Morgan fingerprint density at radius 3 is 2.38 bits per heavy atom. The van der Waals surface area contributed by atoms with E-state index < -0.39 is 6.10 Å². The van der Waals surface area contributed by atoms with E-state index >= 15 is 0 Å². The average Bonchev–Trinajstić information content (AvgIpc) is 2.45. The molecule has 1 rings (SSSR count). The smallest absolute Gasteiger partial charge is 0.112 e. The minimum atomic E-state index is -0.676. The first-order chi connectivity index (χ1) is 3.75. The van der Waals surface area contributed by atoms with E-state index in [9.17, 15) is 0 Å². The minimum Gasteiger partial charge on any atom is -0.394 e. The van der Waals surface area contributed by atoms with Crippen LogP contribution in [0.4, 0.5) is 0 Å². The van der Waals surface area contributed by atoms with Crippen LogP contribution in [-0.4, -0.2) is 35.1 Å². The van der Waals surface area contributed by atoms with Crippen LogP contribution < -0.4 is 0 Å². The fraction of sp³-hybridized carbons (Fsp3) is 1.00. The third-order valence-corrected chi connectivity index (χ3v) is 1.32. The van der Waals surface area contributed by atoms with Crippen molar-refractivity contribution in [1.29, 1.82) is 0 Å². The Kier molecular flexibility index (Phi) is 1.51. The van der Waals surface area contributed by atoms with Gasteiger partial charge in [-0.1, -0.05) is 0 Å². The molecule has 0 bridgehead atoms. The highest BCUT2D eigenvalue weighted by molar-refractivity contribution is 4.86. The van der Waals surface area contributed by atoms with Crippen molar-refractivity contribution in [1.82, 2.24) is 0 Å². The molecule has 0 spiro atoms. The second-order valence-electron chi connectivity index (χ2n) is 2.06. The summed E-state index contributed by atoms with van der Waals surface area (Å²) in [7, 11) is 0. The molecule has 0 saturated carbocycles. The van der Waals surface area contributed by atoms with Gasteiger partial charge in [0.15, 0.2) is 0 Å². The van der Waals surface area contributed by atoms with Crippen molar-refractivity contribution >= 4 is 0 Å². The van der Waals surface area contributed by atoms with Gasteiger partial charge in [-0.25, -0.2) is 0 Å². The average molecular weight is 118 g/mol. The molecule has 2 N–H and O–H groups in total. The van der Waals surface area contributed by atoms with Crippen LogP contribution in [0.1, 0.15) is 6.92 Å². The first kappa shape index (κ1) is 6.01. The summed E-state index contributed by atoms with van der Waals surface area (Å²) in [6.45, 7) is 1.67. The Hall–Kier alpha value is -0.120. The van der Waals surface area contributed by atoms with E-state index in [1.807, 2.05) is 6.92 Å². The molecule has 3 nitrogen and oxygen atoms in total. The Labute approximate surface area is 47.9 Å². The zero-order chi connectivity index (χ0) is 6.15. The van der Waals surface area contributed by atoms with E-state index in [4.69, 9.17) is 14.9 Å². The van der Waals surface area contributed by atoms with Crippen molar-refractivity contribution in [2.75, 3.05) is 6.61 Å². The van der Waals surface area contributed by atoms with Crippen molar-refractivity contribution in [3.05, 3.63) is 0 Å². The van der Waals surface area contributed by atoms with Gasteiger partial charge in [-0.05, 0) is 6.92 Å². The molecular formula is C5H10O3. The van der Waals surface area contributed by atoms with Crippen LogP contribution in [0.3, 0.4) is 0 Å². The van der Waals surface area contributed by atoms with E-state index in [2.05, 4.69) is 0 Å². The number of ether oxygens (including phenoxy) is 1. The maximum absolute atomic E-state index is 8.79. The monoisotopic (exact) mass is 118 g/mol. The summed E-state index contributed by atoms with van der Waals surface area (Å²) in [5.41, 5.74) is 0. The highest BCUT2D eigenvalue weighted by atomic mass is 16.6. The van der Waals surface area contributed by atoms with Crippen molar-refractivity contribution in [3.63, 3.8) is 0 Å². The molecule has 8 heavy (non-hydrogen) atoms. The lowest BCUT2D eigenvalue weighted by atomic mass is 10.2. The van der Waals surface area contributed by atoms with E-state index in [1.54, 1.807) is 0 Å². The molecule has 3 unspecified atom stereocenters. The molecule has 1 heterocycles. The van der Waals surface area contributed by atoms with Crippen LogP contribution in [0.15, 0.2) is 0 Å². The van der Waals surface area contributed by atoms with Gasteiger partial charge < -0.3 is 14.9 Å². The molecule has 0 amide bonds. The van der Waals surface area contributed by atoms with Gasteiger partial charge in [0.1, 0.15) is 12.2 Å². The van der Waals surface area contributed by atoms with Gasteiger partial charge >= 0.3 is 0 Å². The maximum atomic E-state index is 8.79. The maximum Gasteiger partial charge on any atom is 0.112 e. The van der Waals surface area contributed by atoms with Crippen molar-refractivity contribution in [3.8, 4) is 0 Å². The predicted molar refractivity (Wildman–Crippen MR) is 27.4 cm³/mol. The van der Waals surface area contributed by atoms with Gasteiger partial charge in [-0.2, -0.15) is 0 Å². The number of aliphatic hydroxyl groups is 2. The number of hydrogen-bond acceptors (Lipinski definition) is 3. The lowest BCUT2D eigenvalue weighted by Crippen LogP contribution is -2.20. The summed E-state index contributed by atoms with van der Waals surface area (Å²) < 4.78 is 4.86. The molecule has 0 radical (unpaired) electrons. The van der Waals surface area contributed by atoms with Crippen molar-refractivity contribution in [2.45, 2.75) is 25.2 Å². The van der Waals surface area contributed by atoms with Gasteiger partial charge in [-0.15, -0.1) is 0 Å². The summed E-state index contributed by atoms with van der Waals surface area (Å²) in [4.78, 5) is 0. The molecule has 1 fully saturated rings. The largest absolute Gasteiger partial charge is 0.394 e. The zero-order valence-corrected chi connectivity index (χ0v) is 4.74. The van der Waals surface area contributed by atoms with E-state index in [-0.39, 0.29) is 18.8 Å². The summed E-state index contributed by atoms with van der Waals surface area (Å²) in [5, 5.41) is 17.1. The number of epoxide rings is 1. The standard InChI is InChI=1S/C5H10O3/c1-3-5(8-3)4(7)2-6/h3-7H,2H2,1H3. The lowest BCUT2D eigenvalue weighted by Gasteiger charge is -1.98. The predicted octanol–water partition coefficient (Wildman–Crippen LogP) is -0.873. The summed E-state index contributed by atoms with van der Waals surface area (Å²) in [6, 6.07) is 0. The van der Waals surface area contributed by atoms with E-state index in [0.29, 0.717) is 0 Å². The summed E-state index contributed by atoms with van der Waals surface area (Å²) in [5.74, 6) is 0. The molecule has 0 aromatic heterocycles. The van der Waals surface area contributed by atoms with Crippen LogP contribution in [0.25, 0.3) is 0 Å². The van der Waals surface area contributed by atoms with Gasteiger partial charge in [0.05, 0.1) is 12.7 Å². The first-order valence-corrected chi connectivity index (χ1v) is 2.70. The molecule has 3 heteroatoms. The molecule has 0 aromatic rings. The SMILES string of the molecule is CC1OC1C(O)CO. The summed E-state index contributed by atoms with van der Waals surface area (Å²) in [6.07, 6.45) is -0.651. The number of rotatable bonds is 2. The third-order valence-electron chi connectivity index (χ3n) is 1.32. The highest BCUT2D eigenvalue weighted by Crippen LogP contribution is 2.23. The molecule has 3 atom stereocenters. The second kappa shape index (κ2) is 2.01. The van der Waals surface area contributed by atoms with Crippen molar-refractivity contribution in [2.24, 2.45) is 0 Å². The highest BCUT2D eigenvalue weighted by Gasteiger charge is 2.39. The Bertz CT molecular complexity index is 81.7. The van der Waals surface area contributed by atoms with Crippen LogP contribution in [-0.2, 0) is 4.74 Å². The molecule has 0 aromatic carbocycles. The quantitative estimate of drug-likeness (QED) is 0.463. The Morgan fingerprint density at radius 1 is 1.75 bits per heavy atom. The molecule has 1 aliphatic rings. The van der Waals surface area contributed by atoms with E-state index in [0.717, 1.165) is 0 Å². The number of aliphatic hydroxyl groups excluding tert-OH is 2. The zero-order valence-electron chi connectivity index (χ0n) is 4.74. The first-order valence-electron chi connectivity index (χ1n) is 2.70. The minimum absolute atomic E-state index is 0.111. The van der Waals surface area contributed by atoms with Crippen LogP contribution >= 0.6 is 0 Å². The Morgan fingerprint density at radius 2 is 2.25 bits per heavy atom. The second-order valence-corrected chi connectivity index (χ2v) is 2.06. The van der Waals surface area contributed by atoms with Crippen LogP contribution in [0.5, 0.6) is 0 Å². The fourth-order valence-corrected chi connectivity index (χ4v) is 0.710. The third kappa shape index (κ3) is 0.992. The topological polar surface area (TPSA) is 53.0 Å². The van der Waals surface area contributed by atoms with E-state index in [1.165, 1.54) is 0 Å². The van der Waals surface area contributed by atoms with Gasteiger partial charge in [-0.3, -0.25) is 0 Å². The molecule has 48 valence electrons. The number of hydrogen-bond donors (Lipinski definition) is 2. The molecule has 1 saturated heterocycles. The van der Waals surface area contributed by atoms with Crippen LogP contribution in [0, 0.1) is 0 Å². The lowest BCUT2D eigenvalue weighted by molar-refractivity contribution is 0.0706. The molecular weight excluding hydrogens is 108 g/mol. The van der Waals surface area contributed by atoms with Gasteiger partial charge in [0.25, 0.3) is 0 Å². The van der Waals surface area contributed by atoms with Gasteiger partial charge in [0.2, 0.25) is 0 Å². The summed E-state index contributed by atoms with van der Waals surface area (Å²) >= 11 is 0. The Balaban J connectivity index is 2.18. The van der Waals surface area contributed by atoms with Crippen molar-refractivity contribution < 1.29 is 14.9 Å².